The summed E-state index contributed by atoms with van der Waals surface area (Å²) in [5.41, 5.74) is 6.18. The smallest absolute Gasteiger partial charge is 0.168 e. The highest BCUT2D eigenvalue weighted by Gasteiger charge is 2.52. The normalized spacial score (nSPS) is 44.8. The maximum atomic E-state index is 6.05. The predicted molar refractivity (Wildman–Crippen MR) is 61.8 cm³/mol. The van der Waals surface area contributed by atoms with Gasteiger partial charge in [-0.3, -0.25) is 0 Å². The Labute approximate surface area is 97.7 Å². The van der Waals surface area contributed by atoms with Gasteiger partial charge in [-0.15, -0.1) is 0 Å². The second-order valence-electron chi connectivity index (χ2n) is 6.81. The first-order valence-corrected chi connectivity index (χ1v) is 6.52. The highest BCUT2D eigenvalue weighted by molar-refractivity contribution is 4.99. The number of rotatable bonds is 0. The monoisotopic (exact) mass is 225 g/mol. The van der Waals surface area contributed by atoms with Crippen LogP contribution in [0.4, 0.5) is 0 Å². The van der Waals surface area contributed by atoms with Crippen molar-refractivity contribution in [1.82, 2.24) is 0 Å². The van der Waals surface area contributed by atoms with Crippen molar-refractivity contribution >= 4 is 0 Å². The molecule has 2 saturated carbocycles. The Hall–Kier alpha value is -0.120. The van der Waals surface area contributed by atoms with Crippen LogP contribution in [-0.4, -0.2) is 25.0 Å². The van der Waals surface area contributed by atoms with Gasteiger partial charge < -0.3 is 15.2 Å². The lowest BCUT2D eigenvalue weighted by Crippen LogP contribution is -2.46. The second kappa shape index (κ2) is 3.44. The van der Waals surface area contributed by atoms with Crippen molar-refractivity contribution < 1.29 is 9.47 Å². The van der Waals surface area contributed by atoms with Crippen LogP contribution in [-0.2, 0) is 9.47 Å². The summed E-state index contributed by atoms with van der Waals surface area (Å²) in [6.07, 6.45) is 4.48. The Morgan fingerprint density at radius 3 is 2.00 bits per heavy atom. The van der Waals surface area contributed by atoms with Crippen molar-refractivity contribution in [3.8, 4) is 0 Å². The molecule has 0 unspecified atom stereocenters. The average Bonchev–Trinajstić information content (AvgIpc) is 2.66. The van der Waals surface area contributed by atoms with Crippen molar-refractivity contribution in [3.63, 3.8) is 0 Å². The number of nitrogens with two attached hydrogens (primary N) is 1. The molecule has 0 aromatic rings. The molecule has 0 aromatic heterocycles. The molecule has 3 heteroatoms. The molecule has 1 spiro atoms. The molecule has 2 aliphatic carbocycles. The van der Waals surface area contributed by atoms with Gasteiger partial charge in [0.25, 0.3) is 0 Å². The van der Waals surface area contributed by atoms with E-state index in [1.54, 1.807) is 0 Å². The van der Waals surface area contributed by atoms with E-state index in [1.165, 1.54) is 12.8 Å². The largest absolute Gasteiger partial charge is 0.349 e. The van der Waals surface area contributed by atoms with Crippen LogP contribution in [0, 0.1) is 17.3 Å². The van der Waals surface area contributed by atoms with Gasteiger partial charge in [-0.1, -0.05) is 13.8 Å². The minimum Gasteiger partial charge on any atom is -0.349 e. The van der Waals surface area contributed by atoms with Crippen LogP contribution in [0.1, 0.15) is 39.5 Å². The lowest BCUT2D eigenvalue weighted by molar-refractivity contribution is -0.297. The van der Waals surface area contributed by atoms with Gasteiger partial charge in [0.2, 0.25) is 0 Å². The lowest BCUT2D eigenvalue weighted by Gasteiger charge is -2.42. The first kappa shape index (κ1) is 11.0. The van der Waals surface area contributed by atoms with E-state index in [2.05, 4.69) is 13.8 Å². The van der Waals surface area contributed by atoms with E-state index in [9.17, 15) is 0 Å². The van der Waals surface area contributed by atoms with Crippen LogP contribution in [0.25, 0.3) is 0 Å². The van der Waals surface area contributed by atoms with E-state index >= 15 is 0 Å². The molecule has 16 heavy (non-hydrogen) atoms. The molecule has 1 heterocycles. The van der Waals surface area contributed by atoms with Gasteiger partial charge in [-0.25, -0.2) is 0 Å². The Balaban J connectivity index is 1.66. The van der Waals surface area contributed by atoms with E-state index in [1.807, 2.05) is 0 Å². The second-order valence-corrected chi connectivity index (χ2v) is 6.81. The molecular weight excluding hydrogens is 202 g/mol. The van der Waals surface area contributed by atoms with Crippen LogP contribution >= 0.6 is 0 Å². The fourth-order valence-corrected chi connectivity index (χ4v) is 3.61. The van der Waals surface area contributed by atoms with E-state index in [0.717, 1.165) is 37.9 Å². The van der Waals surface area contributed by atoms with Crippen LogP contribution < -0.4 is 5.73 Å². The average molecular weight is 225 g/mol. The topological polar surface area (TPSA) is 44.5 Å². The standard InChI is InChI=1S/C13H23NO2/c1-12(2)7-15-13(16-8-12)5-9-3-11(14)4-10(9)6-13/h9-11H,3-8,14H2,1-2H3/t9-,10+,11-. The summed E-state index contributed by atoms with van der Waals surface area (Å²) in [7, 11) is 0. The molecule has 1 saturated heterocycles. The Kier molecular flexibility index (Phi) is 2.36. The van der Waals surface area contributed by atoms with Crippen molar-refractivity contribution in [2.24, 2.45) is 23.0 Å². The van der Waals surface area contributed by atoms with Crippen LogP contribution in [0.15, 0.2) is 0 Å². The molecular formula is C13H23NO2. The summed E-state index contributed by atoms with van der Waals surface area (Å²) in [5, 5.41) is 0. The molecule has 0 bridgehead atoms. The van der Waals surface area contributed by atoms with Gasteiger partial charge in [-0.2, -0.15) is 0 Å². The fraction of sp³-hybridized carbons (Fsp3) is 1.00. The molecule has 3 atom stereocenters. The van der Waals surface area contributed by atoms with Crippen LogP contribution in [0.3, 0.4) is 0 Å². The maximum absolute atomic E-state index is 6.05. The molecule has 0 aromatic carbocycles. The maximum Gasteiger partial charge on any atom is 0.168 e. The van der Waals surface area contributed by atoms with Crippen molar-refractivity contribution in [2.45, 2.75) is 51.4 Å². The Morgan fingerprint density at radius 1 is 1.00 bits per heavy atom. The van der Waals surface area contributed by atoms with Crippen molar-refractivity contribution in [2.75, 3.05) is 13.2 Å². The highest BCUT2D eigenvalue weighted by atomic mass is 16.7. The molecule has 3 fully saturated rings. The van der Waals surface area contributed by atoms with Crippen molar-refractivity contribution in [1.29, 1.82) is 0 Å². The van der Waals surface area contributed by atoms with E-state index in [0.29, 0.717) is 6.04 Å². The molecule has 3 aliphatic rings. The molecule has 0 amide bonds. The van der Waals surface area contributed by atoms with E-state index < -0.39 is 0 Å². The van der Waals surface area contributed by atoms with Gasteiger partial charge in [0.1, 0.15) is 0 Å². The minimum absolute atomic E-state index is 0.180. The van der Waals surface area contributed by atoms with Gasteiger partial charge in [-0.05, 0) is 24.7 Å². The summed E-state index contributed by atoms with van der Waals surface area (Å²) in [4.78, 5) is 0. The molecule has 3 rings (SSSR count). The Bertz CT molecular complexity index is 264. The summed E-state index contributed by atoms with van der Waals surface area (Å²) in [6, 6.07) is 0.424. The lowest BCUT2D eigenvalue weighted by atomic mass is 9.94. The zero-order valence-corrected chi connectivity index (χ0v) is 10.4. The zero-order chi connectivity index (χ0) is 11.4. The molecule has 3 nitrogen and oxygen atoms in total. The third-order valence-electron chi connectivity index (χ3n) is 4.48. The van der Waals surface area contributed by atoms with Crippen LogP contribution in [0.2, 0.25) is 0 Å². The van der Waals surface area contributed by atoms with E-state index in [4.69, 9.17) is 15.2 Å². The SMILES string of the molecule is CC1(C)COC2(C[C@H]3C[C@@H](N)C[C@H]3C2)OC1. The predicted octanol–water partition coefficient (Wildman–Crippen LogP) is 1.90. The number of ether oxygens (including phenoxy) is 2. The number of hydrogen-bond donors (Lipinski definition) is 1. The molecule has 0 radical (unpaired) electrons. The quantitative estimate of drug-likeness (QED) is 0.685. The van der Waals surface area contributed by atoms with Crippen LogP contribution in [0.5, 0.6) is 0 Å². The first-order valence-electron chi connectivity index (χ1n) is 6.52. The van der Waals surface area contributed by atoms with E-state index in [-0.39, 0.29) is 11.2 Å². The third-order valence-corrected chi connectivity index (χ3v) is 4.48. The molecule has 2 N–H and O–H groups in total. The first-order chi connectivity index (χ1) is 7.48. The van der Waals surface area contributed by atoms with Crippen molar-refractivity contribution in [3.05, 3.63) is 0 Å². The number of hydrogen-bond acceptors (Lipinski definition) is 3. The Morgan fingerprint density at radius 2 is 1.50 bits per heavy atom. The summed E-state index contributed by atoms with van der Waals surface area (Å²) < 4.78 is 12.1. The summed E-state index contributed by atoms with van der Waals surface area (Å²) in [6.45, 7) is 6.06. The fourth-order valence-electron chi connectivity index (χ4n) is 3.61. The molecule has 92 valence electrons. The van der Waals surface area contributed by atoms with Gasteiger partial charge >= 0.3 is 0 Å². The van der Waals surface area contributed by atoms with Gasteiger partial charge in [0.15, 0.2) is 5.79 Å². The van der Waals surface area contributed by atoms with Gasteiger partial charge in [0.05, 0.1) is 13.2 Å². The minimum atomic E-state index is -0.245. The summed E-state index contributed by atoms with van der Waals surface area (Å²) >= 11 is 0. The highest BCUT2D eigenvalue weighted by Crippen LogP contribution is 2.52. The molecule has 1 aliphatic heterocycles. The number of fused-ring (bicyclic) bond motifs is 1. The summed E-state index contributed by atoms with van der Waals surface area (Å²) in [5.74, 6) is 1.25. The third kappa shape index (κ3) is 1.79. The zero-order valence-electron chi connectivity index (χ0n) is 10.4. The van der Waals surface area contributed by atoms with Gasteiger partial charge in [0, 0.05) is 24.3 Å².